The molecule has 1 aromatic heterocycles. The molecule has 0 spiro atoms. The second-order valence-corrected chi connectivity index (χ2v) is 6.14. The van der Waals surface area contributed by atoms with E-state index in [1.165, 1.54) is 6.07 Å². The van der Waals surface area contributed by atoms with Crippen LogP contribution in [0.2, 0.25) is 0 Å². The lowest BCUT2D eigenvalue weighted by Gasteiger charge is -2.01. The molecule has 0 radical (unpaired) electrons. The molecule has 0 aliphatic carbocycles. The van der Waals surface area contributed by atoms with Crippen molar-refractivity contribution >= 4 is 23.2 Å². The van der Waals surface area contributed by atoms with E-state index in [4.69, 9.17) is 4.42 Å². The predicted octanol–water partition coefficient (Wildman–Crippen LogP) is 3.93. The van der Waals surface area contributed by atoms with E-state index in [0.717, 1.165) is 17.3 Å². The number of carbonyl (C=O) groups is 1. The number of nitrogens with zero attached hydrogens (tertiary/aromatic N) is 3. The fraction of sp³-hybridized carbons (Fsp3) is 0.118. The molecule has 0 aliphatic heterocycles. The highest BCUT2D eigenvalue weighted by Gasteiger charge is 2.16. The number of ketones is 1. The number of benzene rings is 2. The van der Waals surface area contributed by atoms with E-state index in [1.807, 2.05) is 30.3 Å². The molecule has 1 heterocycles. The first-order chi connectivity index (χ1) is 12.0. The van der Waals surface area contributed by atoms with Gasteiger partial charge in [0.05, 0.1) is 10.7 Å². The van der Waals surface area contributed by atoms with E-state index >= 15 is 0 Å². The van der Waals surface area contributed by atoms with Gasteiger partial charge in [-0.05, 0) is 19.1 Å². The minimum Gasteiger partial charge on any atom is -0.411 e. The third-order valence-corrected chi connectivity index (χ3v) is 4.30. The Labute approximate surface area is 147 Å². The number of thioether (sulfide) groups is 1. The highest BCUT2D eigenvalue weighted by Crippen LogP contribution is 2.25. The summed E-state index contributed by atoms with van der Waals surface area (Å²) in [5.74, 6) is 0.186. The van der Waals surface area contributed by atoms with E-state index in [1.54, 1.807) is 19.1 Å². The van der Waals surface area contributed by atoms with Gasteiger partial charge in [-0.2, -0.15) is 0 Å². The van der Waals surface area contributed by atoms with Gasteiger partial charge in [-0.3, -0.25) is 14.9 Å². The average Bonchev–Trinajstić information content (AvgIpc) is 3.09. The zero-order valence-corrected chi connectivity index (χ0v) is 14.0. The Morgan fingerprint density at radius 2 is 1.96 bits per heavy atom. The third kappa shape index (κ3) is 3.92. The van der Waals surface area contributed by atoms with Crippen LogP contribution in [0.25, 0.3) is 11.5 Å². The van der Waals surface area contributed by atoms with Crippen LogP contribution in [0.15, 0.2) is 58.2 Å². The van der Waals surface area contributed by atoms with Crippen LogP contribution in [0.4, 0.5) is 5.69 Å². The minimum absolute atomic E-state index is 0.0522. The number of nitro benzene ring substituents is 1. The zero-order chi connectivity index (χ0) is 17.8. The highest BCUT2D eigenvalue weighted by molar-refractivity contribution is 7.99. The maximum absolute atomic E-state index is 12.2. The molecule has 8 heteroatoms. The Morgan fingerprint density at radius 1 is 1.20 bits per heavy atom. The van der Waals surface area contributed by atoms with Gasteiger partial charge in [0.1, 0.15) is 0 Å². The van der Waals surface area contributed by atoms with E-state index < -0.39 is 4.92 Å². The molecule has 3 aromatic rings. The van der Waals surface area contributed by atoms with Crippen molar-refractivity contribution in [1.29, 1.82) is 0 Å². The lowest BCUT2D eigenvalue weighted by atomic mass is 10.1. The summed E-state index contributed by atoms with van der Waals surface area (Å²) < 4.78 is 5.52. The SMILES string of the molecule is Cc1ccc(C(=O)CSc2nnc(-c3ccccc3)o2)cc1[N+](=O)[O-]. The molecule has 2 aromatic carbocycles. The number of rotatable bonds is 6. The van der Waals surface area contributed by atoms with Crippen LogP contribution in [0.3, 0.4) is 0 Å². The van der Waals surface area contributed by atoms with Crippen LogP contribution in [-0.4, -0.2) is 26.7 Å². The number of carbonyl (C=O) groups excluding carboxylic acids is 1. The summed E-state index contributed by atoms with van der Waals surface area (Å²) in [5.41, 5.74) is 1.52. The predicted molar refractivity (Wildman–Crippen MR) is 92.6 cm³/mol. The summed E-state index contributed by atoms with van der Waals surface area (Å²) in [6.45, 7) is 1.63. The highest BCUT2D eigenvalue weighted by atomic mass is 32.2. The van der Waals surface area contributed by atoms with Gasteiger partial charge in [0.15, 0.2) is 5.78 Å². The second kappa shape index (κ2) is 7.27. The first kappa shape index (κ1) is 16.8. The Kier molecular flexibility index (Phi) is 4.90. The molecule has 0 N–H and O–H groups in total. The summed E-state index contributed by atoms with van der Waals surface area (Å²) in [6.07, 6.45) is 0. The Hall–Kier alpha value is -3.00. The number of hydrogen-bond acceptors (Lipinski definition) is 7. The smallest absolute Gasteiger partial charge is 0.277 e. The molecule has 0 atom stereocenters. The monoisotopic (exact) mass is 355 g/mol. The van der Waals surface area contributed by atoms with Gasteiger partial charge < -0.3 is 4.42 Å². The molecule has 0 unspecified atom stereocenters. The quantitative estimate of drug-likeness (QED) is 0.286. The van der Waals surface area contributed by atoms with E-state index in [-0.39, 0.29) is 28.0 Å². The van der Waals surface area contributed by atoms with Crippen LogP contribution < -0.4 is 0 Å². The second-order valence-electron chi connectivity index (χ2n) is 5.21. The molecule has 0 bridgehead atoms. The largest absolute Gasteiger partial charge is 0.411 e. The molecule has 7 nitrogen and oxygen atoms in total. The molecule has 0 saturated heterocycles. The average molecular weight is 355 g/mol. The molecule has 126 valence electrons. The number of aromatic nitrogens is 2. The zero-order valence-electron chi connectivity index (χ0n) is 13.2. The van der Waals surface area contributed by atoms with Crippen molar-refractivity contribution in [3.05, 3.63) is 69.8 Å². The van der Waals surface area contributed by atoms with E-state index in [0.29, 0.717) is 11.5 Å². The van der Waals surface area contributed by atoms with Gasteiger partial charge in [-0.15, -0.1) is 10.2 Å². The van der Waals surface area contributed by atoms with Gasteiger partial charge in [0.25, 0.3) is 10.9 Å². The van der Waals surface area contributed by atoms with Crippen molar-refractivity contribution in [2.24, 2.45) is 0 Å². The van der Waals surface area contributed by atoms with Crippen LogP contribution >= 0.6 is 11.8 Å². The Morgan fingerprint density at radius 3 is 2.68 bits per heavy atom. The van der Waals surface area contributed by atoms with Gasteiger partial charge in [-0.1, -0.05) is 42.1 Å². The third-order valence-electron chi connectivity index (χ3n) is 3.48. The number of nitro groups is 1. The number of hydrogen-bond donors (Lipinski definition) is 0. The maximum Gasteiger partial charge on any atom is 0.277 e. The first-order valence-electron chi connectivity index (χ1n) is 7.34. The summed E-state index contributed by atoms with van der Waals surface area (Å²) in [4.78, 5) is 22.7. The van der Waals surface area contributed by atoms with Crippen molar-refractivity contribution in [3.8, 4) is 11.5 Å². The minimum atomic E-state index is -0.497. The summed E-state index contributed by atoms with van der Waals surface area (Å²) in [5, 5.41) is 19.1. The molecular formula is C17H13N3O4S. The summed E-state index contributed by atoms with van der Waals surface area (Å²) in [6, 6.07) is 13.7. The first-order valence-corrected chi connectivity index (χ1v) is 8.33. The van der Waals surface area contributed by atoms with Crippen LogP contribution in [-0.2, 0) is 0 Å². The van der Waals surface area contributed by atoms with Crippen LogP contribution in [0, 0.1) is 17.0 Å². The molecular weight excluding hydrogens is 342 g/mol. The topological polar surface area (TPSA) is 99.1 Å². The Bertz CT molecular complexity index is 925. The fourth-order valence-electron chi connectivity index (χ4n) is 2.16. The molecule has 0 amide bonds. The van der Waals surface area contributed by atoms with Gasteiger partial charge in [-0.25, -0.2) is 0 Å². The lowest BCUT2D eigenvalue weighted by Crippen LogP contribution is -2.04. The van der Waals surface area contributed by atoms with Gasteiger partial charge in [0.2, 0.25) is 5.89 Å². The molecule has 3 rings (SSSR count). The molecule has 0 saturated carbocycles. The van der Waals surface area contributed by atoms with Crippen molar-refractivity contribution in [3.63, 3.8) is 0 Å². The fourth-order valence-corrected chi connectivity index (χ4v) is 2.81. The van der Waals surface area contributed by atoms with Crippen molar-refractivity contribution in [2.75, 3.05) is 5.75 Å². The van der Waals surface area contributed by atoms with Crippen LogP contribution in [0.5, 0.6) is 0 Å². The van der Waals surface area contributed by atoms with Gasteiger partial charge in [0, 0.05) is 22.8 Å². The Balaban J connectivity index is 1.68. The van der Waals surface area contributed by atoms with Crippen molar-refractivity contribution in [2.45, 2.75) is 12.1 Å². The number of aryl methyl sites for hydroxylation is 1. The maximum atomic E-state index is 12.2. The van der Waals surface area contributed by atoms with Crippen molar-refractivity contribution in [1.82, 2.24) is 10.2 Å². The van der Waals surface area contributed by atoms with Crippen molar-refractivity contribution < 1.29 is 14.1 Å². The van der Waals surface area contributed by atoms with Crippen LogP contribution in [0.1, 0.15) is 15.9 Å². The molecule has 0 fully saturated rings. The van der Waals surface area contributed by atoms with E-state index in [9.17, 15) is 14.9 Å². The molecule has 0 aliphatic rings. The standard InChI is InChI=1S/C17H13N3O4S/c1-11-7-8-13(9-14(11)20(22)23)15(21)10-25-17-19-18-16(24-17)12-5-3-2-4-6-12/h2-9H,10H2,1H3. The summed E-state index contributed by atoms with van der Waals surface area (Å²) >= 11 is 1.10. The molecule has 25 heavy (non-hydrogen) atoms. The number of Topliss-reactive ketones (excluding diaryl/α,β-unsaturated/α-hetero) is 1. The lowest BCUT2D eigenvalue weighted by molar-refractivity contribution is -0.385. The van der Waals surface area contributed by atoms with Gasteiger partial charge >= 0.3 is 0 Å². The normalized spacial score (nSPS) is 10.6. The summed E-state index contributed by atoms with van der Waals surface area (Å²) in [7, 11) is 0. The van der Waals surface area contributed by atoms with E-state index in [2.05, 4.69) is 10.2 Å².